The number of rotatable bonds is 3. The molecule has 0 aromatic heterocycles. The Balaban J connectivity index is -0.0000000246. The van der Waals surface area contributed by atoms with Gasteiger partial charge in [0.2, 0.25) is 0 Å². The predicted molar refractivity (Wildman–Crippen MR) is 39.3 cm³/mol. The second kappa shape index (κ2) is 49.4. The molecule has 0 rings (SSSR count). The van der Waals surface area contributed by atoms with Gasteiger partial charge in [-0.1, -0.05) is 0 Å². The van der Waals surface area contributed by atoms with Crippen LogP contribution in [0, 0.1) is 0 Å². The van der Waals surface area contributed by atoms with Crippen molar-refractivity contribution < 1.29 is 37.4 Å². The van der Waals surface area contributed by atoms with Crippen LogP contribution in [0.1, 0.15) is 0 Å². The van der Waals surface area contributed by atoms with Crippen LogP contribution in [-0.4, -0.2) is 101 Å². The van der Waals surface area contributed by atoms with E-state index in [9.17, 15) is 0 Å². The molecule has 13 heavy (non-hydrogen) atoms. The third kappa shape index (κ3) is 85.9. The molecule has 0 fully saturated rings. The van der Waals surface area contributed by atoms with E-state index in [-0.39, 0.29) is 55.1 Å². The van der Waals surface area contributed by atoms with Gasteiger partial charge < -0.3 is 18.1 Å². The van der Waals surface area contributed by atoms with E-state index in [1.807, 2.05) is 0 Å². The van der Waals surface area contributed by atoms with E-state index >= 15 is 0 Å². The van der Waals surface area contributed by atoms with Crippen molar-refractivity contribution in [3.8, 4) is 0 Å². The van der Waals surface area contributed by atoms with Gasteiger partial charge in [0.05, 0.1) is 0 Å². The quantitative estimate of drug-likeness (QED) is 0.332. The van der Waals surface area contributed by atoms with Crippen molar-refractivity contribution >= 4 is 90.6 Å². The molecule has 0 atom stereocenters. The standard InChI is InChI=1S/2Al.Ca.HO4Si.HO3Si.O/c;;;1-3-4-5-2;1-3-4-2;/h;;;1H;1H;. The van der Waals surface area contributed by atoms with Crippen LogP contribution in [0.25, 0.3) is 0 Å². The predicted octanol–water partition coefficient (Wildman–Crippen LogP) is -2.45. The Kier molecular flexibility index (Phi) is 111. The summed E-state index contributed by atoms with van der Waals surface area (Å²) in [5.74, 6) is 0. The summed E-state index contributed by atoms with van der Waals surface area (Å²) in [6, 6.07) is 0. The Morgan fingerprint density at radius 3 is 1.38 bits per heavy atom. The summed E-state index contributed by atoms with van der Waals surface area (Å²) in [7, 11) is -2.12. The van der Waals surface area contributed by atoms with Gasteiger partial charge in [0, 0.05) is 55.1 Å². The summed E-state index contributed by atoms with van der Waals surface area (Å²) in [6.45, 7) is 0. The Labute approximate surface area is 126 Å². The zero-order valence-corrected chi connectivity index (χ0v) is 12.7. The summed E-state index contributed by atoms with van der Waals surface area (Å²) in [5, 5.41) is 17.1. The molecule has 0 aliphatic rings. The van der Waals surface area contributed by atoms with Crippen LogP contribution in [0.4, 0.5) is 0 Å². The van der Waals surface area contributed by atoms with Crippen molar-refractivity contribution in [1.29, 1.82) is 0 Å². The van der Waals surface area contributed by atoms with Crippen LogP contribution in [0.2, 0.25) is 0 Å². The van der Waals surface area contributed by atoms with Crippen molar-refractivity contribution in [2.45, 2.75) is 0 Å². The molecule has 8 radical (unpaired) electrons. The van der Waals surface area contributed by atoms with Crippen LogP contribution in [-0.2, 0) is 26.9 Å². The van der Waals surface area contributed by atoms with E-state index in [0.717, 1.165) is 0 Å². The molecule has 0 spiro atoms. The fraction of sp³-hybridized carbons (Fsp3) is 0. The third-order valence-electron chi connectivity index (χ3n) is 0.109. The van der Waals surface area contributed by atoms with E-state index in [2.05, 4.69) is 14.2 Å². The van der Waals surface area contributed by atoms with Crippen molar-refractivity contribution in [3.63, 3.8) is 0 Å². The average Bonchev–Trinajstić information content (AvgIpc) is 2.10. The SMILES string of the molecule is O=[Si]OO.O=[Si]OOO.[Al].[Ca].[O]=[Al]. The second-order valence-corrected chi connectivity index (χ2v) is 1.10. The molecule has 13 heteroatoms. The van der Waals surface area contributed by atoms with Gasteiger partial charge in [0.1, 0.15) is 0 Å². The average molecular weight is 280 g/mol. The van der Waals surface area contributed by atoms with Gasteiger partial charge in [0.25, 0.3) is 0 Å². The number of hydrogen-bond acceptors (Lipinski definition) is 8. The van der Waals surface area contributed by atoms with Gasteiger partial charge in [0.15, 0.2) is 0 Å². The molecule has 0 unspecified atom stereocenters. The summed E-state index contributed by atoms with van der Waals surface area (Å²) in [5.41, 5.74) is 0. The topological polar surface area (TPSA) is 119 Å². The summed E-state index contributed by atoms with van der Waals surface area (Å²) in [4.78, 5) is 0. The molecule has 0 aromatic carbocycles. The van der Waals surface area contributed by atoms with E-state index in [4.69, 9.17) is 23.2 Å². The van der Waals surface area contributed by atoms with E-state index < -0.39 is 19.3 Å². The van der Waals surface area contributed by atoms with Crippen LogP contribution in [0.5, 0.6) is 0 Å². The van der Waals surface area contributed by atoms with E-state index in [0.29, 0.717) is 0 Å². The first-order valence-electron chi connectivity index (χ1n) is 1.58. The second-order valence-electron chi connectivity index (χ2n) is 0.416. The molecule has 0 aliphatic carbocycles. The molecule has 0 amide bonds. The van der Waals surface area contributed by atoms with Gasteiger partial charge in [-0.3, -0.25) is 0 Å². The molecule has 0 bridgehead atoms. The first-order chi connectivity index (χ1) is 5.33. The minimum absolute atomic E-state index is 0. The fourth-order valence-electron chi connectivity index (χ4n) is 0.0152. The summed E-state index contributed by atoms with van der Waals surface area (Å²) in [6.07, 6.45) is 0. The van der Waals surface area contributed by atoms with Gasteiger partial charge in [-0.05, 0) is 5.04 Å². The normalized spacial score (nSPS) is 4.38. The van der Waals surface area contributed by atoms with Crippen molar-refractivity contribution in [2.75, 3.05) is 0 Å². The maximum atomic E-state index is 9.05. The molecule has 0 aromatic rings. The molecule has 0 aliphatic heterocycles. The van der Waals surface area contributed by atoms with Gasteiger partial charge >= 0.3 is 39.3 Å². The van der Waals surface area contributed by atoms with Crippen molar-refractivity contribution in [1.82, 2.24) is 0 Å². The maximum absolute atomic E-state index is 9.05. The van der Waals surface area contributed by atoms with Crippen LogP contribution >= 0.6 is 0 Å². The molecule has 2 N–H and O–H groups in total. The Bertz CT molecular complexity index is 82.5. The Hall–Kier alpha value is 1.64. The molecular weight excluding hydrogens is 278 g/mol. The monoisotopic (exact) mass is 280 g/mol. The number of hydrogen-bond donors (Lipinski definition) is 2. The van der Waals surface area contributed by atoms with Crippen LogP contribution in [0.15, 0.2) is 0 Å². The molecular formula is H2Al2CaO8Si2. The Morgan fingerprint density at radius 1 is 1.08 bits per heavy atom. The van der Waals surface area contributed by atoms with E-state index in [1.54, 1.807) is 0 Å². The first kappa shape index (κ1) is 29.3. The van der Waals surface area contributed by atoms with Crippen LogP contribution < -0.4 is 0 Å². The van der Waals surface area contributed by atoms with Gasteiger partial charge in [-0.2, -0.15) is 0 Å². The molecule has 8 nitrogen and oxygen atoms in total. The minimum atomic E-state index is -1.06. The van der Waals surface area contributed by atoms with Crippen molar-refractivity contribution in [3.05, 3.63) is 0 Å². The summed E-state index contributed by atoms with van der Waals surface area (Å²) < 4.78 is 32.4. The zero-order chi connectivity index (χ0) is 9.54. The van der Waals surface area contributed by atoms with Crippen molar-refractivity contribution in [2.24, 2.45) is 0 Å². The summed E-state index contributed by atoms with van der Waals surface area (Å²) >= 11 is 1.17. The zero-order valence-electron chi connectivity index (χ0n) is 6.21. The molecule has 0 saturated heterocycles. The Morgan fingerprint density at radius 2 is 1.38 bits per heavy atom. The van der Waals surface area contributed by atoms with Crippen LogP contribution in [0.3, 0.4) is 0 Å². The third-order valence-corrected chi connectivity index (χ3v) is 0.326. The first-order valence-corrected chi connectivity index (χ1v) is 3.69. The molecule has 0 heterocycles. The van der Waals surface area contributed by atoms with Gasteiger partial charge in [-0.15, -0.1) is 0 Å². The van der Waals surface area contributed by atoms with E-state index in [1.165, 1.54) is 16.2 Å². The van der Waals surface area contributed by atoms with Gasteiger partial charge in [-0.25, -0.2) is 10.5 Å². The molecule has 66 valence electrons. The molecule has 0 saturated carbocycles. The fourth-order valence-corrected chi connectivity index (χ4v) is 0.0456.